The molecule has 0 aromatic carbocycles. The Morgan fingerprint density at radius 2 is 0.780 bits per heavy atom. The average molecular weight is 828 g/mol. The van der Waals surface area contributed by atoms with Gasteiger partial charge in [-0.2, -0.15) is 0 Å². The third-order valence-corrected chi connectivity index (χ3v) is 11.8. The van der Waals surface area contributed by atoms with E-state index in [1.54, 1.807) is 6.08 Å². The standard InChI is InChI=1S/C54H101NO4/c1-3-5-7-9-11-13-15-17-19-21-22-23-24-25-26-27-28-29-30-32-33-35-37-39-41-43-45-47-51(57)49-54(59)55-52(50-56)53(58)48-46-44-42-40-38-36-34-31-20-18-16-14-12-10-8-6-4-2/h22-23,25-26,38,40,46,48,51-53,56-58H,3-21,24,27-37,39,41-45,47,49-50H2,1-2H3,(H,55,59)/b23-22-,26-25-,40-38+,48-46+. The Kier molecular flexibility index (Phi) is 47.6. The maximum Gasteiger partial charge on any atom is 0.222 e. The number of carbonyl (C=O) groups excluding carboxylic acids is 1. The average Bonchev–Trinajstić information content (AvgIpc) is 3.23. The van der Waals surface area contributed by atoms with Gasteiger partial charge in [0.2, 0.25) is 5.91 Å². The molecule has 0 bridgehead atoms. The normalized spacial score (nSPS) is 13.8. The van der Waals surface area contributed by atoms with E-state index in [2.05, 4.69) is 55.6 Å². The minimum Gasteiger partial charge on any atom is -0.394 e. The highest BCUT2D eigenvalue weighted by Crippen LogP contribution is 2.16. The van der Waals surface area contributed by atoms with Crippen molar-refractivity contribution < 1.29 is 20.1 Å². The third kappa shape index (κ3) is 45.7. The van der Waals surface area contributed by atoms with Crippen LogP contribution in [0.2, 0.25) is 0 Å². The lowest BCUT2D eigenvalue weighted by atomic mass is 10.0. The minimum atomic E-state index is -0.953. The Labute approximate surface area is 367 Å². The number of hydrogen-bond donors (Lipinski definition) is 4. The number of aliphatic hydroxyl groups is 3. The molecule has 346 valence electrons. The summed E-state index contributed by atoms with van der Waals surface area (Å²) in [6.45, 7) is 4.21. The van der Waals surface area contributed by atoms with Crippen LogP contribution in [0.3, 0.4) is 0 Å². The molecule has 0 radical (unpaired) electrons. The molecular formula is C54H101NO4. The first-order valence-electron chi connectivity index (χ1n) is 25.9. The third-order valence-electron chi connectivity index (χ3n) is 11.8. The monoisotopic (exact) mass is 828 g/mol. The van der Waals surface area contributed by atoms with Gasteiger partial charge in [0.25, 0.3) is 0 Å². The van der Waals surface area contributed by atoms with Crippen LogP contribution < -0.4 is 5.32 Å². The van der Waals surface area contributed by atoms with Crippen molar-refractivity contribution in [3.63, 3.8) is 0 Å². The van der Waals surface area contributed by atoms with Crippen molar-refractivity contribution in [2.24, 2.45) is 0 Å². The Morgan fingerprint density at radius 1 is 0.441 bits per heavy atom. The van der Waals surface area contributed by atoms with Crippen LogP contribution in [-0.4, -0.2) is 46.1 Å². The Balaban J connectivity index is 3.63. The Morgan fingerprint density at radius 3 is 1.19 bits per heavy atom. The summed E-state index contributed by atoms with van der Waals surface area (Å²) in [4.78, 5) is 12.5. The molecule has 3 unspecified atom stereocenters. The molecule has 0 aliphatic carbocycles. The largest absolute Gasteiger partial charge is 0.394 e. The van der Waals surface area contributed by atoms with Gasteiger partial charge in [-0.1, -0.05) is 242 Å². The van der Waals surface area contributed by atoms with E-state index in [-0.39, 0.29) is 18.9 Å². The van der Waals surface area contributed by atoms with Gasteiger partial charge in [0, 0.05) is 0 Å². The van der Waals surface area contributed by atoms with Crippen molar-refractivity contribution in [1.29, 1.82) is 0 Å². The van der Waals surface area contributed by atoms with Crippen LogP contribution in [0.15, 0.2) is 48.6 Å². The number of allylic oxidation sites excluding steroid dienone is 7. The molecule has 0 aliphatic rings. The first-order valence-corrected chi connectivity index (χ1v) is 25.9. The molecule has 0 aromatic heterocycles. The Bertz CT molecular complexity index is 958. The predicted octanol–water partition coefficient (Wildman–Crippen LogP) is 15.7. The first kappa shape index (κ1) is 57.3. The molecule has 0 rings (SSSR count). The van der Waals surface area contributed by atoms with Crippen LogP contribution >= 0.6 is 0 Å². The lowest BCUT2D eigenvalue weighted by Crippen LogP contribution is -2.45. The van der Waals surface area contributed by atoms with Crippen LogP contribution in [0.25, 0.3) is 0 Å². The van der Waals surface area contributed by atoms with Crippen molar-refractivity contribution in [2.45, 2.75) is 283 Å². The lowest BCUT2D eigenvalue weighted by molar-refractivity contribution is -0.124. The summed E-state index contributed by atoms with van der Waals surface area (Å²) in [5.41, 5.74) is 0. The van der Waals surface area contributed by atoms with E-state index in [0.717, 1.165) is 38.5 Å². The zero-order chi connectivity index (χ0) is 43.0. The van der Waals surface area contributed by atoms with Crippen LogP contribution in [0.4, 0.5) is 0 Å². The summed E-state index contributed by atoms with van der Waals surface area (Å²) in [5, 5.41) is 33.3. The van der Waals surface area contributed by atoms with E-state index >= 15 is 0 Å². The van der Waals surface area contributed by atoms with E-state index in [0.29, 0.717) is 6.42 Å². The molecule has 5 nitrogen and oxygen atoms in total. The molecular weight excluding hydrogens is 727 g/mol. The van der Waals surface area contributed by atoms with Gasteiger partial charge in [0.15, 0.2) is 0 Å². The van der Waals surface area contributed by atoms with Crippen LogP contribution in [0.5, 0.6) is 0 Å². The summed E-state index contributed by atoms with van der Waals surface area (Å²) in [6.07, 6.45) is 64.2. The maximum atomic E-state index is 12.5. The lowest BCUT2D eigenvalue weighted by Gasteiger charge is -2.21. The van der Waals surface area contributed by atoms with E-state index in [4.69, 9.17) is 0 Å². The molecule has 3 atom stereocenters. The van der Waals surface area contributed by atoms with Gasteiger partial charge in [-0.15, -0.1) is 0 Å². The highest BCUT2D eigenvalue weighted by molar-refractivity contribution is 5.76. The molecule has 4 N–H and O–H groups in total. The summed E-state index contributed by atoms with van der Waals surface area (Å²) in [5.74, 6) is -0.326. The summed E-state index contributed by atoms with van der Waals surface area (Å²) < 4.78 is 0. The van der Waals surface area contributed by atoms with Gasteiger partial charge in [-0.25, -0.2) is 0 Å². The number of unbranched alkanes of at least 4 members (excludes halogenated alkanes) is 32. The van der Waals surface area contributed by atoms with E-state index in [1.807, 2.05) is 6.08 Å². The SMILES string of the molecule is CCCCCCCCCCC/C=C\C/C=C\CCCCCCCCCCCCCC(O)CC(=O)NC(CO)C(O)/C=C/CC/C=C/CCCCCCCCCCCCC. The van der Waals surface area contributed by atoms with E-state index in [9.17, 15) is 20.1 Å². The van der Waals surface area contributed by atoms with E-state index in [1.165, 1.54) is 199 Å². The minimum absolute atomic E-state index is 0.00393. The number of nitrogens with one attached hydrogen (secondary N) is 1. The molecule has 0 saturated heterocycles. The van der Waals surface area contributed by atoms with E-state index < -0.39 is 18.2 Å². The first-order chi connectivity index (χ1) is 29.0. The van der Waals surface area contributed by atoms with Crippen LogP contribution in [0, 0.1) is 0 Å². The molecule has 0 heterocycles. The second-order valence-electron chi connectivity index (χ2n) is 17.8. The molecule has 0 fully saturated rings. The smallest absolute Gasteiger partial charge is 0.222 e. The van der Waals surface area contributed by atoms with Gasteiger partial charge >= 0.3 is 0 Å². The molecule has 0 aromatic rings. The zero-order valence-corrected chi connectivity index (χ0v) is 39.4. The quantitative estimate of drug-likeness (QED) is 0.0363. The number of carbonyl (C=O) groups is 1. The van der Waals surface area contributed by atoms with Gasteiger partial charge in [-0.3, -0.25) is 4.79 Å². The fraction of sp³-hybridized carbons (Fsp3) is 0.833. The van der Waals surface area contributed by atoms with Crippen molar-refractivity contribution in [3.8, 4) is 0 Å². The molecule has 1 amide bonds. The fourth-order valence-corrected chi connectivity index (χ4v) is 7.86. The summed E-state index contributed by atoms with van der Waals surface area (Å²) >= 11 is 0. The highest BCUT2D eigenvalue weighted by atomic mass is 16.3. The summed E-state index contributed by atoms with van der Waals surface area (Å²) in [7, 11) is 0. The summed E-state index contributed by atoms with van der Waals surface area (Å²) in [6, 6.07) is -0.763. The van der Waals surface area contributed by atoms with Crippen molar-refractivity contribution in [2.75, 3.05) is 6.61 Å². The number of aliphatic hydroxyl groups excluding tert-OH is 3. The fourth-order valence-electron chi connectivity index (χ4n) is 7.86. The molecule has 59 heavy (non-hydrogen) atoms. The number of rotatable bonds is 47. The van der Waals surface area contributed by atoms with Crippen molar-refractivity contribution in [3.05, 3.63) is 48.6 Å². The molecule has 0 aliphatic heterocycles. The molecule has 0 spiro atoms. The zero-order valence-electron chi connectivity index (χ0n) is 39.4. The highest BCUT2D eigenvalue weighted by Gasteiger charge is 2.20. The van der Waals surface area contributed by atoms with Crippen molar-refractivity contribution in [1.82, 2.24) is 5.32 Å². The van der Waals surface area contributed by atoms with Gasteiger partial charge in [-0.05, 0) is 64.2 Å². The van der Waals surface area contributed by atoms with Gasteiger partial charge in [0.05, 0.1) is 31.3 Å². The second kappa shape index (κ2) is 49.0. The van der Waals surface area contributed by atoms with Crippen molar-refractivity contribution >= 4 is 5.91 Å². The maximum absolute atomic E-state index is 12.5. The number of hydrogen-bond acceptors (Lipinski definition) is 4. The topological polar surface area (TPSA) is 89.8 Å². The predicted molar refractivity (Wildman–Crippen MR) is 259 cm³/mol. The van der Waals surface area contributed by atoms with Gasteiger partial charge in [0.1, 0.15) is 0 Å². The number of amides is 1. The molecule has 0 saturated carbocycles. The molecule has 5 heteroatoms. The Hall–Kier alpha value is -1.69. The van der Waals surface area contributed by atoms with Gasteiger partial charge < -0.3 is 20.6 Å². The van der Waals surface area contributed by atoms with Crippen LogP contribution in [-0.2, 0) is 4.79 Å². The second-order valence-corrected chi connectivity index (χ2v) is 17.8. The van der Waals surface area contributed by atoms with Crippen LogP contribution in [0.1, 0.15) is 264 Å².